The molecule has 1 saturated carbocycles. The van der Waals surface area contributed by atoms with E-state index in [9.17, 15) is 24.0 Å². The first-order valence-corrected chi connectivity index (χ1v) is 14.2. The van der Waals surface area contributed by atoms with Gasteiger partial charge < -0.3 is 14.8 Å². The SMILES string of the molecule is COc1ccc(C(=O)[C@@H](C[C@@H]2C(=O)CC(C)(C)[C@H](C(=O)C(=O)Nc3ccc(Cl)cc3C)C2=O)c2ccc(OC)cc2)cc1. The van der Waals surface area contributed by atoms with Gasteiger partial charge in [0.25, 0.3) is 5.91 Å². The van der Waals surface area contributed by atoms with Gasteiger partial charge in [-0.05, 0) is 84.5 Å². The predicted octanol–water partition coefficient (Wildman–Crippen LogP) is 6.03. The van der Waals surface area contributed by atoms with Gasteiger partial charge in [-0.1, -0.05) is 37.6 Å². The Hall–Kier alpha value is -4.30. The van der Waals surface area contributed by atoms with Crippen LogP contribution in [0.2, 0.25) is 5.02 Å². The largest absolute Gasteiger partial charge is 0.497 e. The number of aryl methyl sites for hydroxylation is 1. The van der Waals surface area contributed by atoms with Crippen molar-refractivity contribution in [3.05, 3.63) is 88.4 Å². The number of anilines is 1. The minimum absolute atomic E-state index is 0.0981. The molecule has 3 aromatic rings. The second-order valence-corrected chi connectivity index (χ2v) is 11.9. The van der Waals surface area contributed by atoms with Crippen LogP contribution < -0.4 is 14.8 Å². The smallest absolute Gasteiger partial charge is 0.292 e. The maximum atomic E-state index is 14.0. The van der Waals surface area contributed by atoms with Crippen LogP contribution in [-0.2, 0) is 19.2 Å². The fraction of sp³-hybridized carbons (Fsp3) is 0.324. The number of Topliss-reactive ketones (excluding diaryl/α,β-unsaturated/α-hetero) is 4. The summed E-state index contributed by atoms with van der Waals surface area (Å²) >= 11 is 6.01. The molecule has 0 saturated heterocycles. The fourth-order valence-corrected chi connectivity index (χ4v) is 5.88. The lowest BCUT2D eigenvalue weighted by Gasteiger charge is -2.39. The quantitative estimate of drug-likeness (QED) is 0.171. The summed E-state index contributed by atoms with van der Waals surface area (Å²) in [4.78, 5) is 67.9. The molecule has 1 N–H and O–H groups in total. The molecule has 0 bridgehead atoms. The van der Waals surface area contributed by atoms with Crippen molar-refractivity contribution >= 4 is 46.3 Å². The Morgan fingerprint density at radius 3 is 2.07 bits per heavy atom. The van der Waals surface area contributed by atoms with E-state index < -0.39 is 40.6 Å². The monoisotopic (exact) mass is 603 g/mol. The van der Waals surface area contributed by atoms with Crippen LogP contribution in [0.5, 0.6) is 11.5 Å². The summed E-state index contributed by atoms with van der Waals surface area (Å²) in [6.07, 6.45) is -0.244. The number of rotatable bonds is 10. The van der Waals surface area contributed by atoms with Gasteiger partial charge in [0.1, 0.15) is 17.3 Å². The first kappa shape index (κ1) is 31.6. The van der Waals surface area contributed by atoms with E-state index in [0.717, 1.165) is 0 Å². The summed E-state index contributed by atoms with van der Waals surface area (Å²) in [7, 11) is 3.05. The Kier molecular flexibility index (Phi) is 9.50. The summed E-state index contributed by atoms with van der Waals surface area (Å²) in [5.41, 5.74) is 0.911. The van der Waals surface area contributed by atoms with Crippen molar-refractivity contribution in [1.82, 2.24) is 0 Å². The van der Waals surface area contributed by atoms with E-state index in [-0.39, 0.29) is 24.4 Å². The van der Waals surface area contributed by atoms with Gasteiger partial charge in [0, 0.05) is 28.6 Å². The van der Waals surface area contributed by atoms with Crippen molar-refractivity contribution in [1.29, 1.82) is 0 Å². The topological polar surface area (TPSA) is 116 Å². The third-order valence-electron chi connectivity index (χ3n) is 8.03. The lowest BCUT2D eigenvalue weighted by molar-refractivity contribution is -0.153. The molecule has 3 atom stereocenters. The van der Waals surface area contributed by atoms with Crippen LogP contribution in [0.15, 0.2) is 66.7 Å². The third kappa shape index (κ3) is 6.86. The molecule has 0 unspecified atom stereocenters. The van der Waals surface area contributed by atoms with Gasteiger partial charge in [-0.3, -0.25) is 24.0 Å². The maximum absolute atomic E-state index is 14.0. The molecule has 0 aromatic heterocycles. The van der Waals surface area contributed by atoms with Crippen LogP contribution in [0.25, 0.3) is 0 Å². The number of ketones is 4. The van der Waals surface area contributed by atoms with Gasteiger partial charge in [0.2, 0.25) is 5.78 Å². The van der Waals surface area contributed by atoms with Gasteiger partial charge in [-0.2, -0.15) is 0 Å². The Bertz CT molecular complexity index is 1560. The zero-order chi connectivity index (χ0) is 31.5. The molecule has 3 aromatic carbocycles. The van der Waals surface area contributed by atoms with Crippen molar-refractivity contribution in [2.75, 3.05) is 19.5 Å². The van der Waals surface area contributed by atoms with E-state index in [1.165, 1.54) is 14.2 Å². The Morgan fingerprint density at radius 2 is 1.51 bits per heavy atom. The molecule has 1 aliphatic carbocycles. The van der Waals surface area contributed by atoms with Gasteiger partial charge >= 0.3 is 0 Å². The molecule has 9 heteroatoms. The fourth-order valence-electron chi connectivity index (χ4n) is 5.66. The standard InChI is InChI=1S/C34H34ClNO7/c1-19-16-22(35)10-15-27(19)36-33(41)32(40)29-31(39)26(28(37)18-34(29,2)3)17-25(20-6-11-23(42-4)12-7-20)30(38)21-8-13-24(43-5)14-9-21/h6-16,25-26,29H,17-18H2,1-5H3,(H,36,41)/t25-,26+,29-/m0/s1. The van der Waals surface area contributed by atoms with Gasteiger partial charge in [-0.15, -0.1) is 0 Å². The molecule has 1 fully saturated rings. The van der Waals surface area contributed by atoms with Gasteiger partial charge in [0.05, 0.1) is 26.1 Å². The van der Waals surface area contributed by atoms with Crippen molar-refractivity contribution in [2.45, 2.75) is 39.5 Å². The second-order valence-electron chi connectivity index (χ2n) is 11.5. The number of carbonyl (C=O) groups excluding carboxylic acids is 5. The molecule has 43 heavy (non-hydrogen) atoms. The number of benzene rings is 3. The highest BCUT2D eigenvalue weighted by atomic mass is 35.5. The number of ether oxygens (including phenoxy) is 2. The molecular formula is C34H34ClNO7. The number of hydrogen-bond donors (Lipinski definition) is 1. The molecule has 224 valence electrons. The number of hydrogen-bond acceptors (Lipinski definition) is 7. The lowest BCUT2D eigenvalue weighted by atomic mass is 9.60. The summed E-state index contributed by atoms with van der Waals surface area (Å²) in [6, 6.07) is 18.2. The maximum Gasteiger partial charge on any atom is 0.292 e. The average Bonchev–Trinajstić information content (AvgIpc) is 2.97. The molecule has 0 spiro atoms. The lowest BCUT2D eigenvalue weighted by Crippen LogP contribution is -2.52. The van der Waals surface area contributed by atoms with Gasteiger partial charge in [0.15, 0.2) is 11.6 Å². The number of halogens is 1. The zero-order valence-corrected chi connectivity index (χ0v) is 25.5. The number of amides is 1. The first-order chi connectivity index (χ1) is 20.4. The molecule has 0 heterocycles. The molecule has 8 nitrogen and oxygen atoms in total. The van der Waals surface area contributed by atoms with E-state index in [1.54, 1.807) is 87.5 Å². The van der Waals surface area contributed by atoms with Crippen LogP contribution in [-0.4, -0.2) is 43.3 Å². The van der Waals surface area contributed by atoms with Crippen molar-refractivity contribution < 1.29 is 33.4 Å². The summed E-state index contributed by atoms with van der Waals surface area (Å²) < 4.78 is 10.5. The van der Waals surface area contributed by atoms with E-state index in [2.05, 4.69) is 5.32 Å². The van der Waals surface area contributed by atoms with Crippen LogP contribution in [0.3, 0.4) is 0 Å². The third-order valence-corrected chi connectivity index (χ3v) is 8.27. The zero-order valence-electron chi connectivity index (χ0n) is 24.7. The Morgan fingerprint density at radius 1 is 0.930 bits per heavy atom. The summed E-state index contributed by atoms with van der Waals surface area (Å²) in [5.74, 6) is -5.53. The Labute approximate surface area is 255 Å². The highest BCUT2D eigenvalue weighted by Crippen LogP contribution is 2.43. The molecular weight excluding hydrogens is 570 g/mol. The van der Waals surface area contributed by atoms with Crippen LogP contribution >= 0.6 is 11.6 Å². The normalized spacial score (nSPS) is 18.5. The second kappa shape index (κ2) is 12.9. The van der Waals surface area contributed by atoms with E-state index in [0.29, 0.717) is 38.9 Å². The highest BCUT2D eigenvalue weighted by molar-refractivity contribution is 6.45. The van der Waals surface area contributed by atoms with Crippen LogP contribution in [0.4, 0.5) is 5.69 Å². The number of methoxy groups -OCH3 is 2. The molecule has 0 radical (unpaired) electrons. The molecule has 1 amide bonds. The van der Waals surface area contributed by atoms with E-state index >= 15 is 0 Å². The number of nitrogens with one attached hydrogen (secondary N) is 1. The minimum Gasteiger partial charge on any atom is -0.497 e. The molecule has 1 aliphatic rings. The highest BCUT2D eigenvalue weighted by Gasteiger charge is 2.53. The van der Waals surface area contributed by atoms with Crippen molar-refractivity contribution in [3.63, 3.8) is 0 Å². The molecule has 0 aliphatic heterocycles. The van der Waals surface area contributed by atoms with Crippen molar-refractivity contribution in [3.8, 4) is 11.5 Å². The van der Waals surface area contributed by atoms with E-state index in [4.69, 9.17) is 21.1 Å². The number of carbonyl (C=O) groups is 5. The Balaban J connectivity index is 1.65. The average molecular weight is 604 g/mol. The van der Waals surface area contributed by atoms with Crippen LogP contribution in [0.1, 0.15) is 54.1 Å². The van der Waals surface area contributed by atoms with E-state index in [1.807, 2.05) is 0 Å². The first-order valence-electron chi connectivity index (χ1n) is 13.9. The van der Waals surface area contributed by atoms with Gasteiger partial charge in [-0.25, -0.2) is 0 Å². The minimum atomic E-state index is -1.37. The predicted molar refractivity (Wildman–Crippen MR) is 163 cm³/mol. The summed E-state index contributed by atoms with van der Waals surface area (Å²) in [5, 5.41) is 3.06. The van der Waals surface area contributed by atoms with Crippen LogP contribution in [0, 0.1) is 24.2 Å². The molecule has 4 rings (SSSR count). The summed E-state index contributed by atoms with van der Waals surface area (Å²) in [6.45, 7) is 4.99. The van der Waals surface area contributed by atoms with Crippen molar-refractivity contribution in [2.24, 2.45) is 17.3 Å².